The quantitative estimate of drug-likeness (QED) is 0.449. The summed E-state index contributed by atoms with van der Waals surface area (Å²) in [5, 5.41) is 0. The fraction of sp³-hybridized carbons (Fsp3) is 0.500. The van der Waals surface area contributed by atoms with Crippen molar-refractivity contribution < 1.29 is 0 Å². The second-order valence-electron chi connectivity index (χ2n) is 8.14. The monoisotopic (exact) mass is 486 g/mol. The standard InChI is InChI=1S/C22H31BrN8/c1-29-11-13-31(14-12-29)19-6-9-26-22-21(19)27-20(28-22)16-30(10-3-2-7-24)15-18-17(23)5-4-8-25-18/h4-6,8-9H,2-3,7,10-16,24H2,1H3,(H,26,27,28). The van der Waals surface area contributed by atoms with Crippen LogP contribution in [0.5, 0.6) is 0 Å². The number of hydrogen-bond donors (Lipinski definition) is 2. The number of piperazine rings is 1. The van der Waals surface area contributed by atoms with Crippen molar-refractivity contribution in [3.63, 3.8) is 0 Å². The number of nitrogens with two attached hydrogens (primary N) is 1. The molecule has 1 aliphatic rings. The van der Waals surface area contributed by atoms with Crippen molar-refractivity contribution in [2.75, 3.05) is 51.2 Å². The fourth-order valence-electron chi connectivity index (χ4n) is 3.98. The number of H-pyrrole nitrogens is 1. The van der Waals surface area contributed by atoms with Gasteiger partial charge in [0.1, 0.15) is 11.3 Å². The van der Waals surface area contributed by atoms with Crippen LogP contribution in [0.1, 0.15) is 24.4 Å². The molecule has 0 radical (unpaired) electrons. The molecule has 31 heavy (non-hydrogen) atoms. The zero-order valence-electron chi connectivity index (χ0n) is 18.1. The van der Waals surface area contributed by atoms with Crippen LogP contribution in [0.4, 0.5) is 5.69 Å². The van der Waals surface area contributed by atoms with Crippen LogP contribution in [-0.2, 0) is 13.1 Å². The van der Waals surface area contributed by atoms with Gasteiger partial charge in [-0.1, -0.05) is 0 Å². The molecule has 3 N–H and O–H groups in total. The van der Waals surface area contributed by atoms with Crippen LogP contribution in [0.2, 0.25) is 0 Å². The number of fused-ring (bicyclic) bond motifs is 1. The van der Waals surface area contributed by atoms with E-state index in [-0.39, 0.29) is 0 Å². The number of pyridine rings is 2. The van der Waals surface area contributed by atoms with Gasteiger partial charge in [0.2, 0.25) is 0 Å². The predicted molar refractivity (Wildman–Crippen MR) is 128 cm³/mol. The third kappa shape index (κ3) is 5.60. The normalized spacial score (nSPS) is 15.3. The largest absolute Gasteiger partial charge is 0.367 e. The van der Waals surface area contributed by atoms with E-state index in [0.29, 0.717) is 13.1 Å². The molecule has 3 aromatic rings. The highest BCUT2D eigenvalue weighted by atomic mass is 79.9. The number of nitrogens with zero attached hydrogens (tertiary/aromatic N) is 6. The maximum Gasteiger partial charge on any atom is 0.179 e. The van der Waals surface area contributed by atoms with Crippen molar-refractivity contribution in [1.82, 2.24) is 29.7 Å². The molecular weight excluding hydrogens is 456 g/mol. The molecule has 8 nitrogen and oxygen atoms in total. The van der Waals surface area contributed by atoms with Gasteiger partial charge >= 0.3 is 0 Å². The minimum Gasteiger partial charge on any atom is -0.367 e. The van der Waals surface area contributed by atoms with Crippen LogP contribution >= 0.6 is 15.9 Å². The van der Waals surface area contributed by atoms with Crippen LogP contribution in [0.3, 0.4) is 0 Å². The lowest BCUT2D eigenvalue weighted by Gasteiger charge is -2.34. The van der Waals surface area contributed by atoms with Crippen LogP contribution in [0.15, 0.2) is 35.1 Å². The zero-order valence-corrected chi connectivity index (χ0v) is 19.7. The van der Waals surface area contributed by atoms with E-state index in [9.17, 15) is 0 Å². The summed E-state index contributed by atoms with van der Waals surface area (Å²) in [6, 6.07) is 6.07. The van der Waals surface area contributed by atoms with E-state index >= 15 is 0 Å². The summed E-state index contributed by atoms with van der Waals surface area (Å²) in [6.45, 7) is 7.29. The van der Waals surface area contributed by atoms with Crippen molar-refractivity contribution >= 4 is 32.8 Å². The van der Waals surface area contributed by atoms with Gasteiger partial charge in [-0.2, -0.15) is 0 Å². The summed E-state index contributed by atoms with van der Waals surface area (Å²) in [6.07, 6.45) is 5.76. The topological polar surface area (TPSA) is 90.2 Å². The first kappa shape index (κ1) is 22.1. The maximum absolute atomic E-state index is 5.72. The van der Waals surface area contributed by atoms with Gasteiger partial charge in [-0.15, -0.1) is 0 Å². The van der Waals surface area contributed by atoms with Gasteiger partial charge in [0.05, 0.1) is 17.9 Å². The van der Waals surface area contributed by atoms with Crippen LogP contribution in [0, 0.1) is 0 Å². The van der Waals surface area contributed by atoms with Gasteiger partial charge in [-0.3, -0.25) is 9.88 Å². The Morgan fingerprint density at radius 2 is 1.94 bits per heavy atom. The Labute approximate surface area is 192 Å². The Hall–Kier alpha value is -2.07. The molecule has 0 aromatic carbocycles. The Bertz CT molecular complexity index is 983. The number of aromatic nitrogens is 4. The van der Waals surface area contributed by atoms with E-state index in [1.807, 2.05) is 24.5 Å². The molecule has 0 amide bonds. The first-order valence-electron chi connectivity index (χ1n) is 10.9. The fourth-order valence-corrected chi connectivity index (χ4v) is 4.36. The number of likely N-dealkylation sites (N-methyl/N-ethyl adjacent to an activating group) is 1. The van der Waals surface area contributed by atoms with Crippen molar-refractivity contribution in [3.8, 4) is 0 Å². The highest BCUT2D eigenvalue weighted by molar-refractivity contribution is 9.10. The van der Waals surface area contributed by atoms with E-state index < -0.39 is 0 Å². The van der Waals surface area contributed by atoms with Crippen molar-refractivity contribution in [2.24, 2.45) is 5.73 Å². The summed E-state index contributed by atoms with van der Waals surface area (Å²) in [4.78, 5) is 24.6. The molecule has 4 heterocycles. The number of unbranched alkanes of at least 4 members (excludes halogenated alkanes) is 1. The summed E-state index contributed by atoms with van der Waals surface area (Å²) < 4.78 is 1.03. The van der Waals surface area contributed by atoms with Crippen molar-refractivity contribution in [1.29, 1.82) is 0 Å². The number of aromatic amines is 1. The zero-order chi connectivity index (χ0) is 21.6. The minimum absolute atomic E-state index is 0.712. The lowest BCUT2D eigenvalue weighted by molar-refractivity contribution is 0.243. The summed E-state index contributed by atoms with van der Waals surface area (Å²) in [5.74, 6) is 0.934. The van der Waals surface area contributed by atoms with Crippen molar-refractivity contribution in [3.05, 3.63) is 46.6 Å². The Morgan fingerprint density at radius 1 is 1.10 bits per heavy atom. The van der Waals surface area contributed by atoms with Crippen LogP contribution < -0.4 is 10.6 Å². The summed E-state index contributed by atoms with van der Waals surface area (Å²) in [7, 11) is 2.17. The molecule has 1 saturated heterocycles. The van der Waals surface area contributed by atoms with E-state index in [1.54, 1.807) is 0 Å². The van der Waals surface area contributed by atoms with Gasteiger partial charge in [-0.05, 0) is 67.1 Å². The molecule has 4 rings (SSSR count). The van der Waals surface area contributed by atoms with Crippen LogP contribution in [-0.4, -0.2) is 76.1 Å². The predicted octanol–water partition coefficient (Wildman–Crippen LogP) is 2.61. The minimum atomic E-state index is 0.712. The third-order valence-electron chi connectivity index (χ3n) is 5.77. The van der Waals surface area contributed by atoms with Gasteiger partial charge in [0.15, 0.2) is 5.65 Å². The van der Waals surface area contributed by atoms with Crippen molar-refractivity contribution in [2.45, 2.75) is 25.9 Å². The Balaban J connectivity index is 1.54. The highest BCUT2D eigenvalue weighted by Gasteiger charge is 2.19. The molecule has 0 saturated carbocycles. The molecule has 0 atom stereocenters. The molecule has 0 spiro atoms. The van der Waals surface area contributed by atoms with Gasteiger partial charge in [0.25, 0.3) is 0 Å². The smallest absolute Gasteiger partial charge is 0.179 e. The lowest BCUT2D eigenvalue weighted by atomic mass is 10.2. The second kappa shape index (κ2) is 10.5. The van der Waals surface area contributed by atoms with Gasteiger partial charge in [0, 0.05) is 49.6 Å². The van der Waals surface area contributed by atoms with E-state index in [4.69, 9.17) is 10.7 Å². The van der Waals surface area contributed by atoms with E-state index in [0.717, 1.165) is 79.3 Å². The Morgan fingerprint density at radius 3 is 2.71 bits per heavy atom. The van der Waals surface area contributed by atoms with E-state index in [2.05, 4.69) is 58.7 Å². The molecule has 9 heteroatoms. The molecule has 0 aliphatic carbocycles. The molecule has 1 fully saturated rings. The SMILES string of the molecule is CN1CCN(c2ccnc3nc(CN(CCCCN)Cc4ncccc4Br)[nH]c23)CC1. The van der Waals surface area contributed by atoms with Gasteiger partial charge in [-0.25, -0.2) is 9.97 Å². The van der Waals surface area contributed by atoms with E-state index in [1.165, 1.54) is 5.69 Å². The number of imidazole rings is 1. The number of hydrogen-bond acceptors (Lipinski definition) is 7. The first-order valence-corrected chi connectivity index (χ1v) is 11.7. The highest BCUT2D eigenvalue weighted by Crippen LogP contribution is 2.25. The molecule has 1 aliphatic heterocycles. The van der Waals surface area contributed by atoms with Crippen LogP contribution in [0.25, 0.3) is 11.2 Å². The molecular formula is C22H31BrN8. The number of anilines is 1. The molecule has 0 unspecified atom stereocenters. The number of halogens is 1. The molecule has 166 valence electrons. The summed E-state index contributed by atoms with van der Waals surface area (Å²) >= 11 is 3.63. The first-order chi connectivity index (χ1) is 15.1. The molecule has 3 aromatic heterocycles. The maximum atomic E-state index is 5.72. The number of nitrogens with one attached hydrogen (secondary N) is 1. The van der Waals surface area contributed by atoms with Gasteiger partial charge < -0.3 is 20.5 Å². The number of rotatable bonds is 9. The molecule has 0 bridgehead atoms. The second-order valence-corrected chi connectivity index (χ2v) is 9.00. The third-order valence-corrected chi connectivity index (χ3v) is 6.49. The Kier molecular flexibility index (Phi) is 7.49. The summed E-state index contributed by atoms with van der Waals surface area (Å²) in [5.41, 5.74) is 9.76. The lowest BCUT2D eigenvalue weighted by Crippen LogP contribution is -2.44. The average molecular weight is 487 g/mol. The average Bonchev–Trinajstić information content (AvgIpc) is 3.18.